The van der Waals surface area contributed by atoms with Gasteiger partial charge in [0.15, 0.2) is 0 Å². The number of aliphatic hydroxyl groups excluding tert-OH is 1. The summed E-state index contributed by atoms with van der Waals surface area (Å²) in [6, 6.07) is 0.143. The summed E-state index contributed by atoms with van der Waals surface area (Å²) in [5, 5.41) is 12.7. The van der Waals surface area contributed by atoms with Gasteiger partial charge >= 0.3 is 0 Å². The molecule has 1 heterocycles. The number of amides is 1. The molecule has 0 unspecified atom stereocenters. The molecule has 1 amide bonds. The summed E-state index contributed by atoms with van der Waals surface area (Å²) in [5.74, 6) is 0.399. The van der Waals surface area contributed by atoms with Gasteiger partial charge in [0.25, 0.3) is 5.91 Å². The Kier molecular flexibility index (Phi) is 5.15. The van der Waals surface area contributed by atoms with Gasteiger partial charge in [-0.3, -0.25) is 4.79 Å². The third-order valence-corrected chi connectivity index (χ3v) is 2.97. The summed E-state index contributed by atoms with van der Waals surface area (Å²) in [7, 11) is 0. The summed E-state index contributed by atoms with van der Waals surface area (Å²) in [5.41, 5.74) is 0.477. The lowest BCUT2D eigenvalue weighted by Gasteiger charge is -2.29. The maximum atomic E-state index is 12.3. The standard InChI is InChI=1S/C12H20N2O3/c1-4-10(5-2)14(6-7-15)12(16)11-8-13-17-9(11)3/h8,10,15H,4-7H2,1-3H3. The molecule has 0 aliphatic carbocycles. The van der Waals surface area contributed by atoms with Crippen molar-refractivity contribution in [1.29, 1.82) is 0 Å². The first-order chi connectivity index (χ1) is 8.15. The largest absolute Gasteiger partial charge is 0.395 e. The minimum Gasteiger partial charge on any atom is -0.395 e. The molecule has 0 radical (unpaired) electrons. The highest BCUT2D eigenvalue weighted by Crippen LogP contribution is 2.15. The van der Waals surface area contributed by atoms with Gasteiger partial charge < -0.3 is 14.5 Å². The number of aliphatic hydroxyl groups is 1. The Hall–Kier alpha value is -1.36. The van der Waals surface area contributed by atoms with Crippen molar-refractivity contribution in [2.45, 2.75) is 39.7 Å². The molecule has 0 aliphatic heterocycles. The Morgan fingerprint density at radius 1 is 1.53 bits per heavy atom. The van der Waals surface area contributed by atoms with E-state index >= 15 is 0 Å². The molecule has 0 aliphatic rings. The molecule has 5 heteroatoms. The van der Waals surface area contributed by atoms with Crippen molar-refractivity contribution in [3.8, 4) is 0 Å². The maximum Gasteiger partial charge on any atom is 0.259 e. The van der Waals surface area contributed by atoms with Gasteiger partial charge in [0.1, 0.15) is 11.3 Å². The van der Waals surface area contributed by atoms with E-state index in [-0.39, 0.29) is 18.6 Å². The van der Waals surface area contributed by atoms with Crippen molar-refractivity contribution < 1.29 is 14.4 Å². The molecule has 1 N–H and O–H groups in total. The van der Waals surface area contributed by atoms with Crippen LogP contribution in [0.15, 0.2) is 10.7 Å². The summed E-state index contributed by atoms with van der Waals surface area (Å²) in [6.07, 6.45) is 3.17. The summed E-state index contributed by atoms with van der Waals surface area (Å²) in [6.45, 7) is 6.09. The SMILES string of the molecule is CCC(CC)N(CCO)C(=O)c1cnoc1C. The molecule has 1 aromatic heterocycles. The fraction of sp³-hybridized carbons (Fsp3) is 0.667. The minimum atomic E-state index is -0.119. The number of aryl methyl sites for hydroxylation is 1. The summed E-state index contributed by atoms with van der Waals surface area (Å²) < 4.78 is 4.90. The molecular formula is C12H20N2O3. The molecule has 0 aromatic carbocycles. The molecular weight excluding hydrogens is 220 g/mol. The van der Waals surface area contributed by atoms with Crippen molar-refractivity contribution in [3.05, 3.63) is 17.5 Å². The van der Waals surface area contributed by atoms with E-state index in [9.17, 15) is 4.79 Å². The van der Waals surface area contributed by atoms with Crippen molar-refractivity contribution >= 4 is 5.91 Å². The second-order valence-corrected chi connectivity index (χ2v) is 3.99. The van der Waals surface area contributed by atoms with Crippen molar-refractivity contribution in [3.63, 3.8) is 0 Å². The van der Waals surface area contributed by atoms with Crippen LogP contribution in [0.4, 0.5) is 0 Å². The van der Waals surface area contributed by atoms with Gasteiger partial charge in [0.2, 0.25) is 0 Å². The molecule has 0 atom stereocenters. The lowest BCUT2D eigenvalue weighted by atomic mass is 10.1. The molecule has 0 saturated carbocycles. The monoisotopic (exact) mass is 240 g/mol. The molecule has 0 spiro atoms. The molecule has 1 rings (SSSR count). The molecule has 0 fully saturated rings. The van der Waals surface area contributed by atoms with Crippen molar-refractivity contribution in [2.24, 2.45) is 0 Å². The van der Waals surface area contributed by atoms with E-state index in [1.807, 2.05) is 13.8 Å². The number of rotatable bonds is 6. The maximum absolute atomic E-state index is 12.3. The zero-order chi connectivity index (χ0) is 12.8. The Morgan fingerprint density at radius 3 is 2.59 bits per heavy atom. The van der Waals surface area contributed by atoms with Crippen molar-refractivity contribution in [1.82, 2.24) is 10.1 Å². The van der Waals surface area contributed by atoms with E-state index < -0.39 is 0 Å². The molecule has 5 nitrogen and oxygen atoms in total. The highest BCUT2D eigenvalue weighted by molar-refractivity contribution is 5.95. The highest BCUT2D eigenvalue weighted by Gasteiger charge is 2.24. The van der Waals surface area contributed by atoms with Crippen LogP contribution >= 0.6 is 0 Å². The number of hydrogen-bond donors (Lipinski definition) is 1. The van der Waals surface area contributed by atoms with Gasteiger partial charge in [0.05, 0.1) is 12.8 Å². The Labute approximate surface area is 101 Å². The summed E-state index contributed by atoms with van der Waals surface area (Å²) in [4.78, 5) is 14.0. The Balaban J connectivity index is 2.91. The molecule has 17 heavy (non-hydrogen) atoms. The molecule has 0 bridgehead atoms. The molecule has 0 saturated heterocycles. The third kappa shape index (κ3) is 3.06. The Morgan fingerprint density at radius 2 is 2.18 bits per heavy atom. The van der Waals surface area contributed by atoms with Crippen LogP contribution in [0.2, 0.25) is 0 Å². The Bertz CT molecular complexity index is 358. The lowest BCUT2D eigenvalue weighted by Crippen LogP contribution is -2.41. The molecule has 1 aromatic rings. The zero-order valence-electron chi connectivity index (χ0n) is 10.6. The van der Waals surface area contributed by atoms with Crippen LogP contribution in [-0.4, -0.2) is 40.3 Å². The fourth-order valence-electron chi connectivity index (χ4n) is 1.95. The van der Waals surface area contributed by atoms with Gasteiger partial charge in [0, 0.05) is 12.6 Å². The number of aromatic nitrogens is 1. The quantitative estimate of drug-likeness (QED) is 0.820. The van der Waals surface area contributed by atoms with Gasteiger partial charge in [-0.2, -0.15) is 0 Å². The van der Waals surface area contributed by atoms with Gasteiger partial charge in [-0.15, -0.1) is 0 Å². The van der Waals surface area contributed by atoms with Crippen LogP contribution in [-0.2, 0) is 0 Å². The van der Waals surface area contributed by atoms with E-state index in [0.29, 0.717) is 17.9 Å². The normalized spacial score (nSPS) is 10.9. The predicted molar refractivity (Wildman–Crippen MR) is 63.7 cm³/mol. The van der Waals surface area contributed by atoms with E-state index in [2.05, 4.69) is 5.16 Å². The highest BCUT2D eigenvalue weighted by atomic mass is 16.5. The van der Waals surface area contributed by atoms with Crippen molar-refractivity contribution in [2.75, 3.05) is 13.2 Å². The van der Waals surface area contributed by atoms with Crippen LogP contribution < -0.4 is 0 Å². The van der Waals surface area contributed by atoms with Crippen LogP contribution in [0, 0.1) is 6.92 Å². The van der Waals surface area contributed by atoms with Gasteiger partial charge in [-0.1, -0.05) is 19.0 Å². The van der Waals surface area contributed by atoms with Gasteiger partial charge in [-0.25, -0.2) is 0 Å². The second-order valence-electron chi connectivity index (χ2n) is 3.99. The van der Waals surface area contributed by atoms with Crippen LogP contribution in [0.3, 0.4) is 0 Å². The minimum absolute atomic E-state index is 0.0352. The van der Waals surface area contributed by atoms with Crippen LogP contribution in [0.5, 0.6) is 0 Å². The first-order valence-electron chi connectivity index (χ1n) is 5.98. The average molecular weight is 240 g/mol. The topological polar surface area (TPSA) is 66.6 Å². The average Bonchev–Trinajstić information content (AvgIpc) is 2.75. The number of carbonyl (C=O) groups is 1. The van der Waals surface area contributed by atoms with E-state index in [1.54, 1.807) is 11.8 Å². The number of nitrogens with zero attached hydrogens (tertiary/aromatic N) is 2. The van der Waals surface area contributed by atoms with E-state index in [4.69, 9.17) is 9.63 Å². The summed E-state index contributed by atoms with van der Waals surface area (Å²) >= 11 is 0. The number of hydrogen-bond acceptors (Lipinski definition) is 4. The zero-order valence-corrected chi connectivity index (χ0v) is 10.6. The van der Waals surface area contributed by atoms with E-state index in [0.717, 1.165) is 12.8 Å². The second kappa shape index (κ2) is 6.39. The first-order valence-corrected chi connectivity index (χ1v) is 5.98. The van der Waals surface area contributed by atoms with Crippen LogP contribution in [0.25, 0.3) is 0 Å². The first kappa shape index (κ1) is 13.7. The molecule has 96 valence electrons. The van der Waals surface area contributed by atoms with Gasteiger partial charge in [-0.05, 0) is 19.8 Å². The van der Waals surface area contributed by atoms with Crippen LogP contribution in [0.1, 0.15) is 42.8 Å². The predicted octanol–water partition coefficient (Wildman–Crippen LogP) is 1.61. The smallest absolute Gasteiger partial charge is 0.259 e. The fourth-order valence-corrected chi connectivity index (χ4v) is 1.95. The third-order valence-electron chi connectivity index (χ3n) is 2.97. The van der Waals surface area contributed by atoms with E-state index in [1.165, 1.54) is 6.20 Å². The number of carbonyl (C=O) groups excluding carboxylic acids is 1. The lowest BCUT2D eigenvalue weighted by molar-refractivity contribution is 0.0620.